The van der Waals surface area contributed by atoms with Crippen molar-refractivity contribution in [1.29, 1.82) is 0 Å². The SMILES string of the molecule is Nc1cccc(-c2nnc3n2CC(O)CC3)c1. The van der Waals surface area contributed by atoms with Crippen LogP contribution >= 0.6 is 0 Å². The number of fused-ring (bicyclic) bond motifs is 1. The maximum Gasteiger partial charge on any atom is 0.164 e. The second-order valence-electron chi connectivity index (χ2n) is 4.37. The molecule has 1 unspecified atom stereocenters. The van der Waals surface area contributed by atoms with Crippen LogP contribution in [-0.4, -0.2) is 26.0 Å². The first-order valence-corrected chi connectivity index (χ1v) is 5.70. The summed E-state index contributed by atoms with van der Waals surface area (Å²) < 4.78 is 1.98. The summed E-state index contributed by atoms with van der Waals surface area (Å²) in [5.74, 6) is 1.72. The van der Waals surface area contributed by atoms with Crippen molar-refractivity contribution in [3.63, 3.8) is 0 Å². The Morgan fingerprint density at radius 2 is 2.24 bits per heavy atom. The minimum Gasteiger partial charge on any atom is -0.399 e. The predicted molar refractivity (Wildman–Crippen MR) is 64.2 cm³/mol. The van der Waals surface area contributed by atoms with Gasteiger partial charge in [0.15, 0.2) is 5.82 Å². The number of benzene rings is 1. The molecular formula is C12H14N4O. The number of nitrogen functional groups attached to an aromatic ring is 1. The molecule has 1 aliphatic rings. The third-order valence-corrected chi connectivity index (χ3v) is 3.07. The van der Waals surface area contributed by atoms with Crippen molar-refractivity contribution in [2.24, 2.45) is 0 Å². The van der Waals surface area contributed by atoms with Gasteiger partial charge < -0.3 is 15.4 Å². The highest BCUT2D eigenvalue weighted by Gasteiger charge is 2.21. The molecule has 1 atom stereocenters. The van der Waals surface area contributed by atoms with Gasteiger partial charge in [-0.3, -0.25) is 0 Å². The molecule has 2 heterocycles. The van der Waals surface area contributed by atoms with Gasteiger partial charge in [-0.25, -0.2) is 0 Å². The van der Waals surface area contributed by atoms with Crippen LogP contribution in [0.2, 0.25) is 0 Å². The van der Waals surface area contributed by atoms with Crippen LogP contribution in [0.4, 0.5) is 5.69 Å². The molecule has 1 aliphatic heterocycles. The van der Waals surface area contributed by atoms with Crippen molar-refractivity contribution in [3.05, 3.63) is 30.1 Å². The molecule has 3 N–H and O–H groups in total. The van der Waals surface area contributed by atoms with E-state index in [1.165, 1.54) is 0 Å². The number of aliphatic hydroxyl groups excluding tert-OH is 1. The molecule has 5 heteroatoms. The minimum atomic E-state index is -0.307. The zero-order valence-corrected chi connectivity index (χ0v) is 9.37. The van der Waals surface area contributed by atoms with E-state index in [9.17, 15) is 5.11 Å². The van der Waals surface area contributed by atoms with Crippen LogP contribution in [0.1, 0.15) is 12.2 Å². The molecule has 0 saturated carbocycles. The van der Waals surface area contributed by atoms with E-state index in [4.69, 9.17) is 5.73 Å². The van der Waals surface area contributed by atoms with Crippen molar-refractivity contribution in [1.82, 2.24) is 14.8 Å². The van der Waals surface area contributed by atoms with E-state index in [1.54, 1.807) is 0 Å². The average Bonchev–Trinajstić information content (AvgIpc) is 2.71. The monoisotopic (exact) mass is 230 g/mol. The van der Waals surface area contributed by atoms with Crippen molar-refractivity contribution >= 4 is 5.69 Å². The molecule has 0 saturated heterocycles. The Morgan fingerprint density at radius 3 is 3.06 bits per heavy atom. The van der Waals surface area contributed by atoms with Gasteiger partial charge in [0, 0.05) is 17.7 Å². The fourth-order valence-electron chi connectivity index (χ4n) is 2.20. The molecule has 3 rings (SSSR count). The van der Waals surface area contributed by atoms with Gasteiger partial charge in [-0.05, 0) is 18.6 Å². The number of nitrogens with zero attached hydrogens (tertiary/aromatic N) is 3. The Balaban J connectivity index is 2.07. The number of anilines is 1. The highest BCUT2D eigenvalue weighted by molar-refractivity contribution is 5.61. The van der Waals surface area contributed by atoms with Gasteiger partial charge in [-0.1, -0.05) is 12.1 Å². The van der Waals surface area contributed by atoms with E-state index in [1.807, 2.05) is 28.8 Å². The Hall–Kier alpha value is -1.88. The largest absolute Gasteiger partial charge is 0.399 e. The zero-order valence-electron chi connectivity index (χ0n) is 9.37. The standard InChI is InChI=1S/C12H14N4O/c13-9-3-1-2-8(6-9)12-15-14-11-5-4-10(17)7-16(11)12/h1-3,6,10,17H,4-5,7,13H2. The molecule has 0 bridgehead atoms. The molecule has 0 spiro atoms. The summed E-state index contributed by atoms with van der Waals surface area (Å²) in [4.78, 5) is 0. The van der Waals surface area contributed by atoms with Gasteiger partial charge in [0.1, 0.15) is 5.82 Å². The van der Waals surface area contributed by atoms with Gasteiger partial charge >= 0.3 is 0 Å². The molecule has 0 aliphatic carbocycles. The number of nitrogens with two attached hydrogens (primary N) is 1. The molecule has 0 amide bonds. The highest BCUT2D eigenvalue weighted by atomic mass is 16.3. The van der Waals surface area contributed by atoms with E-state index >= 15 is 0 Å². The van der Waals surface area contributed by atoms with Gasteiger partial charge in [0.05, 0.1) is 12.6 Å². The summed E-state index contributed by atoms with van der Waals surface area (Å²) in [7, 11) is 0. The van der Waals surface area contributed by atoms with Crippen molar-refractivity contribution in [2.75, 3.05) is 5.73 Å². The summed E-state index contributed by atoms with van der Waals surface area (Å²) in [6.45, 7) is 0.562. The molecule has 17 heavy (non-hydrogen) atoms. The number of hydrogen-bond acceptors (Lipinski definition) is 4. The van der Waals surface area contributed by atoms with Crippen LogP contribution in [0.5, 0.6) is 0 Å². The zero-order chi connectivity index (χ0) is 11.8. The first kappa shape index (κ1) is 10.3. The lowest BCUT2D eigenvalue weighted by molar-refractivity contribution is 0.131. The van der Waals surface area contributed by atoms with Crippen molar-refractivity contribution in [2.45, 2.75) is 25.5 Å². The summed E-state index contributed by atoms with van der Waals surface area (Å²) in [6, 6.07) is 7.56. The molecule has 2 aromatic rings. The molecular weight excluding hydrogens is 216 g/mol. The van der Waals surface area contributed by atoms with Gasteiger partial charge in [-0.15, -0.1) is 10.2 Å². The fourth-order valence-corrected chi connectivity index (χ4v) is 2.20. The summed E-state index contributed by atoms with van der Waals surface area (Å²) >= 11 is 0. The molecule has 0 radical (unpaired) electrons. The van der Waals surface area contributed by atoms with Crippen LogP contribution in [0.3, 0.4) is 0 Å². The third kappa shape index (κ3) is 1.78. The Labute approximate surface area is 98.9 Å². The summed E-state index contributed by atoms with van der Waals surface area (Å²) in [6.07, 6.45) is 1.23. The Morgan fingerprint density at radius 1 is 1.35 bits per heavy atom. The fraction of sp³-hybridized carbons (Fsp3) is 0.333. The number of aryl methyl sites for hydroxylation is 1. The molecule has 0 fully saturated rings. The Kier molecular flexibility index (Phi) is 2.33. The lowest BCUT2D eigenvalue weighted by atomic mass is 10.1. The van der Waals surface area contributed by atoms with Gasteiger partial charge in [0.2, 0.25) is 0 Å². The predicted octanol–water partition coefficient (Wildman–Crippen LogP) is 0.834. The molecule has 88 valence electrons. The number of hydrogen-bond donors (Lipinski definition) is 2. The minimum absolute atomic E-state index is 0.307. The van der Waals surface area contributed by atoms with Crippen LogP contribution in [0, 0.1) is 0 Å². The maximum absolute atomic E-state index is 9.70. The van der Waals surface area contributed by atoms with Crippen LogP contribution in [0.25, 0.3) is 11.4 Å². The summed E-state index contributed by atoms with van der Waals surface area (Å²) in [5.41, 5.74) is 7.41. The lowest BCUT2D eigenvalue weighted by Gasteiger charge is -2.19. The third-order valence-electron chi connectivity index (χ3n) is 3.07. The molecule has 1 aromatic carbocycles. The number of aliphatic hydroxyl groups is 1. The molecule has 1 aromatic heterocycles. The van der Waals surface area contributed by atoms with Crippen LogP contribution in [-0.2, 0) is 13.0 Å². The first-order chi connectivity index (χ1) is 8.24. The smallest absolute Gasteiger partial charge is 0.164 e. The van der Waals surface area contributed by atoms with Crippen molar-refractivity contribution in [3.8, 4) is 11.4 Å². The second-order valence-corrected chi connectivity index (χ2v) is 4.37. The normalized spacial score (nSPS) is 19.0. The number of aromatic nitrogens is 3. The molecule has 5 nitrogen and oxygen atoms in total. The average molecular weight is 230 g/mol. The van der Waals surface area contributed by atoms with E-state index in [2.05, 4.69) is 10.2 Å². The van der Waals surface area contributed by atoms with Gasteiger partial charge in [-0.2, -0.15) is 0 Å². The highest BCUT2D eigenvalue weighted by Crippen LogP contribution is 2.24. The topological polar surface area (TPSA) is 77.0 Å². The first-order valence-electron chi connectivity index (χ1n) is 5.70. The second kappa shape index (κ2) is 3.85. The van der Waals surface area contributed by atoms with E-state index in [0.717, 1.165) is 30.1 Å². The van der Waals surface area contributed by atoms with Crippen LogP contribution in [0.15, 0.2) is 24.3 Å². The number of rotatable bonds is 1. The lowest BCUT2D eigenvalue weighted by Crippen LogP contribution is -2.24. The quantitative estimate of drug-likeness (QED) is 0.711. The van der Waals surface area contributed by atoms with Crippen molar-refractivity contribution < 1.29 is 5.11 Å². The van der Waals surface area contributed by atoms with Crippen LogP contribution < -0.4 is 5.73 Å². The van der Waals surface area contributed by atoms with E-state index in [0.29, 0.717) is 12.2 Å². The van der Waals surface area contributed by atoms with E-state index < -0.39 is 0 Å². The van der Waals surface area contributed by atoms with Gasteiger partial charge in [0.25, 0.3) is 0 Å². The summed E-state index contributed by atoms with van der Waals surface area (Å²) in [5, 5.41) is 18.0. The van der Waals surface area contributed by atoms with E-state index in [-0.39, 0.29) is 6.10 Å². The Bertz CT molecular complexity index is 549. The maximum atomic E-state index is 9.70.